The van der Waals surface area contributed by atoms with E-state index >= 15 is 0 Å². The van der Waals surface area contributed by atoms with E-state index in [1.165, 1.54) is 64.2 Å². The topological polar surface area (TPSA) is 248 Å². The lowest BCUT2D eigenvalue weighted by Gasteiger charge is -2.27. The van der Waals surface area contributed by atoms with Crippen molar-refractivity contribution < 1.29 is 44.4 Å². The normalized spacial score (nSPS) is 11.7. The van der Waals surface area contributed by atoms with Crippen molar-refractivity contribution in [3.63, 3.8) is 0 Å². The van der Waals surface area contributed by atoms with Crippen LogP contribution in [0.4, 0.5) is 0 Å². The molecule has 0 bridgehead atoms. The fraction of sp³-hybridized carbons (Fsp3) is 0.865. The van der Waals surface area contributed by atoms with Gasteiger partial charge in [0.1, 0.15) is 12.1 Å². The molecule has 0 aliphatic rings. The molecule has 10 N–H and O–H groups in total. The maximum absolute atomic E-state index is 12.9. The molecule has 0 radical (unpaired) electrons. The summed E-state index contributed by atoms with van der Waals surface area (Å²) in [6.07, 6.45) is 21.3. The third kappa shape index (κ3) is 35.2. The molecule has 2 unspecified atom stereocenters. The van der Waals surface area contributed by atoms with Crippen LogP contribution in [-0.2, 0) is 24.0 Å². The molecule has 50 heavy (non-hydrogen) atoms. The minimum absolute atomic E-state index is 0.0972. The van der Waals surface area contributed by atoms with E-state index in [-0.39, 0.29) is 25.9 Å². The van der Waals surface area contributed by atoms with Gasteiger partial charge in [-0.05, 0) is 38.6 Å². The van der Waals surface area contributed by atoms with Gasteiger partial charge in [-0.2, -0.15) is 0 Å². The van der Waals surface area contributed by atoms with E-state index in [9.17, 15) is 29.1 Å². The van der Waals surface area contributed by atoms with Crippen molar-refractivity contribution in [1.82, 2.24) is 4.90 Å². The van der Waals surface area contributed by atoms with Crippen molar-refractivity contribution >= 4 is 29.7 Å². The van der Waals surface area contributed by atoms with Gasteiger partial charge in [0, 0.05) is 25.8 Å². The first-order chi connectivity index (χ1) is 23.9. The van der Waals surface area contributed by atoms with Crippen LogP contribution in [0.1, 0.15) is 174 Å². The number of nitrogens with two attached hydrogens (primary N) is 3. The summed E-state index contributed by atoms with van der Waals surface area (Å²) in [4.78, 5) is 59.8. The van der Waals surface area contributed by atoms with Crippen LogP contribution in [-0.4, -0.2) is 86.8 Å². The molecule has 0 heterocycles. The van der Waals surface area contributed by atoms with E-state index in [0.717, 1.165) is 56.3 Å². The molecule has 0 saturated heterocycles. The summed E-state index contributed by atoms with van der Waals surface area (Å²) < 4.78 is 0. The van der Waals surface area contributed by atoms with Gasteiger partial charge < -0.3 is 37.6 Å². The molecule has 0 fully saturated rings. The van der Waals surface area contributed by atoms with Crippen LogP contribution in [0.15, 0.2) is 0 Å². The first-order valence-corrected chi connectivity index (χ1v) is 19.2. The first-order valence-electron chi connectivity index (χ1n) is 19.2. The highest BCUT2D eigenvalue weighted by Gasteiger charge is 2.34. The predicted octanol–water partition coefficient (Wildman–Crippen LogP) is 5.97. The molecular formula is C37H74N4O9. The van der Waals surface area contributed by atoms with Gasteiger partial charge >= 0.3 is 17.9 Å². The Bertz CT molecular complexity index is 810. The number of nitrogens with zero attached hydrogens (tertiary/aromatic N) is 1. The Morgan fingerprint density at radius 1 is 0.520 bits per heavy atom. The number of carbonyl (C=O) groups is 5. The zero-order valence-corrected chi connectivity index (χ0v) is 31.5. The van der Waals surface area contributed by atoms with Gasteiger partial charge in [0.05, 0.1) is 6.61 Å². The van der Waals surface area contributed by atoms with E-state index in [1.54, 1.807) is 0 Å². The molecule has 0 spiro atoms. The van der Waals surface area contributed by atoms with Crippen molar-refractivity contribution in [3.05, 3.63) is 0 Å². The average Bonchev–Trinajstić information content (AvgIpc) is 3.08. The van der Waals surface area contributed by atoms with Crippen molar-refractivity contribution in [1.29, 1.82) is 0 Å². The highest BCUT2D eigenvalue weighted by atomic mass is 16.4. The Morgan fingerprint density at radius 3 is 1.20 bits per heavy atom. The number of hydrogen-bond acceptors (Lipinski definition) is 9. The van der Waals surface area contributed by atoms with Crippen LogP contribution in [0.3, 0.4) is 0 Å². The van der Waals surface area contributed by atoms with Crippen LogP contribution in [0, 0.1) is 0 Å². The van der Waals surface area contributed by atoms with Crippen molar-refractivity contribution in [2.24, 2.45) is 17.2 Å². The number of carbonyl (C=O) groups excluding carboxylic acids is 2. The zero-order chi connectivity index (χ0) is 38.4. The van der Waals surface area contributed by atoms with Crippen LogP contribution < -0.4 is 17.2 Å². The van der Waals surface area contributed by atoms with Gasteiger partial charge in [-0.1, -0.05) is 123 Å². The highest BCUT2D eigenvalue weighted by Crippen LogP contribution is 2.18. The van der Waals surface area contributed by atoms with Gasteiger partial charge in [-0.15, -0.1) is 0 Å². The number of hydrogen-bond donors (Lipinski definition) is 7. The Labute approximate surface area is 302 Å². The number of amides is 2. The summed E-state index contributed by atoms with van der Waals surface area (Å²) in [6.45, 7) is 5.46. The second kappa shape index (κ2) is 39.2. The van der Waals surface area contributed by atoms with Crippen molar-refractivity contribution in [2.45, 2.75) is 186 Å². The van der Waals surface area contributed by atoms with E-state index in [0.29, 0.717) is 32.4 Å². The molecule has 296 valence electrons. The predicted molar refractivity (Wildman–Crippen MR) is 198 cm³/mol. The Hall–Kier alpha value is -2.61. The number of carboxylic acids is 3. The molecule has 0 aliphatic carbocycles. The summed E-state index contributed by atoms with van der Waals surface area (Å²) >= 11 is 0. The molecule has 2 atom stereocenters. The monoisotopic (exact) mass is 719 g/mol. The second-order valence-electron chi connectivity index (χ2n) is 12.8. The minimum Gasteiger partial charge on any atom is -0.481 e. The van der Waals surface area contributed by atoms with E-state index < -0.39 is 48.2 Å². The smallest absolute Gasteiger partial charge is 0.326 e. The number of carboxylic acid groups (broad SMARTS) is 3. The summed E-state index contributed by atoms with van der Waals surface area (Å²) in [5, 5.41) is 34.8. The standard InChI is InChI=1S/C29H53NO6.C6H14N2O2.C2H7NO/c1-3-5-7-9-11-13-15-17-19-21-26(31)30(25(29(35)36)23-24-28(33)34)27(32)22-20-18-16-14-12-10-8-6-4-2;7-4-2-1-3-5(8)6(9)10;3-1-2-4/h25H,3-24H2,1-2H3,(H,33,34)(H,35,36);5H,1-4,7-8H2,(H,9,10);4H,1-3H2. The number of imide groups is 1. The maximum Gasteiger partial charge on any atom is 0.326 e. The van der Waals surface area contributed by atoms with Gasteiger partial charge in [-0.25, -0.2) is 4.79 Å². The van der Waals surface area contributed by atoms with E-state index in [2.05, 4.69) is 13.8 Å². The Morgan fingerprint density at radius 2 is 0.900 bits per heavy atom. The molecule has 0 rings (SSSR count). The van der Waals surface area contributed by atoms with Gasteiger partial charge in [0.15, 0.2) is 0 Å². The molecule has 13 heteroatoms. The molecular weight excluding hydrogens is 644 g/mol. The molecule has 0 aliphatic heterocycles. The summed E-state index contributed by atoms with van der Waals surface area (Å²) in [5.74, 6) is -4.37. The van der Waals surface area contributed by atoms with Crippen molar-refractivity contribution in [3.8, 4) is 0 Å². The molecule has 0 aromatic rings. The molecule has 0 saturated carbocycles. The van der Waals surface area contributed by atoms with Crippen LogP contribution >= 0.6 is 0 Å². The highest BCUT2D eigenvalue weighted by molar-refractivity contribution is 5.99. The fourth-order valence-corrected chi connectivity index (χ4v) is 5.16. The van der Waals surface area contributed by atoms with Gasteiger partial charge in [-0.3, -0.25) is 24.1 Å². The number of rotatable bonds is 31. The maximum atomic E-state index is 12.9. The fourth-order valence-electron chi connectivity index (χ4n) is 5.16. The van der Waals surface area contributed by atoms with Crippen LogP contribution in [0.25, 0.3) is 0 Å². The summed E-state index contributed by atoms with van der Waals surface area (Å²) in [6, 6.07) is -2.13. The lowest BCUT2D eigenvalue weighted by molar-refractivity contribution is -0.159. The zero-order valence-electron chi connectivity index (χ0n) is 31.5. The number of aliphatic carboxylic acids is 3. The summed E-state index contributed by atoms with van der Waals surface area (Å²) in [7, 11) is 0. The minimum atomic E-state index is -1.42. The van der Waals surface area contributed by atoms with E-state index in [4.69, 9.17) is 32.5 Å². The number of aliphatic hydroxyl groups excluding tert-OH is 1. The molecule has 0 aromatic carbocycles. The third-order valence-corrected chi connectivity index (χ3v) is 8.17. The van der Waals surface area contributed by atoms with Crippen LogP contribution in [0.2, 0.25) is 0 Å². The molecule has 13 nitrogen and oxygen atoms in total. The quantitative estimate of drug-likeness (QED) is 0.0410. The Kier molecular flexibility index (Phi) is 40.6. The van der Waals surface area contributed by atoms with Gasteiger partial charge in [0.25, 0.3) is 0 Å². The first kappa shape index (κ1) is 51.8. The van der Waals surface area contributed by atoms with Crippen molar-refractivity contribution in [2.75, 3.05) is 19.7 Å². The molecule has 0 aromatic heterocycles. The van der Waals surface area contributed by atoms with Crippen LogP contribution in [0.5, 0.6) is 0 Å². The second-order valence-corrected chi connectivity index (χ2v) is 12.8. The summed E-state index contributed by atoms with van der Waals surface area (Å²) in [5.41, 5.74) is 15.2. The SMILES string of the molecule is CCCCCCCCCCCC(=O)N(C(=O)CCCCCCCCCCC)C(CCC(=O)O)C(=O)O.NCCCCC(N)C(=O)O.NCCO. The Balaban J connectivity index is -0.00000131. The van der Waals surface area contributed by atoms with E-state index in [1.807, 2.05) is 0 Å². The van der Waals surface area contributed by atoms with Gasteiger partial charge in [0.2, 0.25) is 11.8 Å². The third-order valence-electron chi connectivity index (χ3n) is 8.17. The molecule has 2 amide bonds. The average molecular weight is 719 g/mol. The lowest BCUT2D eigenvalue weighted by atomic mass is 10.0. The lowest BCUT2D eigenvalue weighted by Crippen LogP contribution is -2.48. The number of aliphatic hydroxyl groups is 1. The number of unbranched alkanes of at least 4 members (excludes halogenated alkanes) is 17. The largest absolute Gasteiger partial charge is 0.481 e.